The second kappa shape index (κ2) is 8.92. The van der Waals surface area contributed by atoms with E-state index >= 15 is 0 Å². The first-order valence-electron chi connectivity index (χ1n) is 0.289. The van der Waals surface area contributed by atoms with Crippen molar-refractivity contribution < 1.29 is 22.5 Å². The van der Waals surface area contributed by atoms with Gasteiger partial charge in [0.05, 0.1) is 0 Å². The van der Waals surface area contributed by atoms with Crippen molar-refractivity contribution in [1.29, 1.82) is 0 Å². The summed E-state index contributed by atoms with van der Waals surface area (Å²) < 4.78 is 16.8. The Morgan fingerprint density at radius 1 is 1.25 bits per heavy atom. The van der Waals surface area contributed by atoms with Crippen molar-refractivity contribution >= 4 is 29.6 Å². The summed E-state index contributed by atoms with van der Waals surface area (Å²) in [4.78, 5) is 0. The first-order valence-corrected chi connectivity index (χ1v) is 1.19. The zero-order chi connectivity index (χ0) is 2.71. The van der Waals surface area contributed by atoms with Crippen LogP contribution in [0.2, 0.25) is 0 Å². The molecule has 0 saturated carbocycles. The van der Waals surface area contributed by atoms with Crippen LogP contribution in [0.1, 0.15) is 0 Å². The van der Waals surface area contributed by atoms with Crippen molar-refractivity contribution in [3.05, 3.63) is 0 Å². The molecule has 2 nitrogen and oxygen atoms in total. The topological polar surface area (TPSA) is 34.1 Å². The minimum absolute atomic E-state index is 0. The Morgan fingerprint density at radius 3 is 1.25 bits per heavy atom. The fourth-order valence-electron chi connectivity index (χ4n) is 0. The molecule has 0 aliphatic carbocycles. The molecular formula is HFeNaO2. The average Bonchev–Trinajstić information content (AvgIpc) is 0.918. The van der Waals surface area contributed by atoms with E-state index in [4.69, 9.17) is 7.67 Å². The third kappa shape index (κ3) is 11.2. The van der Waals surface area contributed by atoms with E-state index < -0.39 is 14.8 Å². The monoisotopic (exact) mass is 112 g/mol. The fraction of sp³-hybridized carbons (Fsp3) is 0. The first-order chi connectivity index (χ1) is 1.41. The second-order valence-corrected chi connectivity index (χ2v) is 0.243. The molecule has 4 heteroatoms. The standard InChI is InChI=1S/Fe.Na.2O.H. The van der Waals surface area contributed by atoms with Crippen LogP contribution in [0.25, 0.3) is 0 Å². The molecule has 0 radical (unpaired) electrons. The van der Waals surface area contributed by atoms with Crippen molar-refractivity contribution in [1.82, 2.24) is 0 Å². The van der Waals surface area contributed by atoms with Crippen LogP contribution < -0.4 is 0 Å². The summed E-state index contributed by atoms with van der Waals surface area (Å²) in [5, 5.41) is 0. The summed E-state index contributed by atoms with van der Waals surface area (Å²) in [6, 6.07) is 0. The molecule has 0 spiro atoms. The van der Waals surface area contributed by atoms with Gasteiger partial charge in [-0.25, -0.2) is 0 Å². The van der Waals surface area contributed by atoms with Crippen LogP contribution >= 0.6 is 0 Å². The van der Waals surface area contributed by atoms with Gasteiger partial charge in [-0.05, 0) is 0 Å². The van der Waals surface area contributed by atoms with Crippen LogP contribution in [0, 0.1) is 0 Å². The van der Waals surface area contributed by atoms with Gasteiger partial charge >= 0.3 is 52.0 Å². The van der Waals surface area contributed by atoms with Gasteiger partial charge in [-0.2, -0.15) is 0 Å². The molecule has 0 N–H and O–H groups in total. The van der Waals surface area contributed by atoms with Crippen LogP contribution in [0.3, 0.4) is 0 Å². The molecule has 0 aromatic carbocycles. The molecule has 0 aromatic rings. The molecule has 0 amide bonds. The Hall–Kier alpha value is 1.12. The van der Waals surface area contributed by atoms with Gasteiger partial charge in [-0.15, -0.1) is 0 Å². The van der Waals surface area contributed by atoms with Crippen LogP contribution in [0.15, 0.2) is 0 Å². The average molecular weight is 112 g/mol. The van der Waals surface area contributed by atoms with E-state index in [1.165, 1.54) is 0 Å². The maximum atomic E-state index is 8.38. The minimum atomic E-state index is -1.25. The summed E-state index contributed by atoms with van der Waals surface area (Å²) in [6.45, 7) is 0. The van der Waals surface area contributed by atoms with E-state index in [1.807, 2.05) is 0 Å². The predicted molar refractivity (Wildman–Crippen MR) is 8.52 cm³/mol. The van der Waals surface area contributed by atoms with Gasteiger partial charge in [0.2, 0.25) is 0 Å². The summed E-state index contributed by atoms with van der Waals surface area (Å²) in [5.74, 6) is 0. The summed E-state index contributed by atoms with van der Waals surface area (Å²) >= 11 is -1.25. The van der Waals surface area contributed by atoms with Gasteiger partial charge in [0.1, 0.15) is 0 Å². The first kappa shape index (κ1) is 8.93. The number of rotatable bonds is 0. The zero-order valence-corrected chi connectivity index (χ0v) is 2.27. The number of hydrogen-bond donors (Lipinski definition) is 0. The maximum absolute atomic E-state index is 8.38. The SMILES string of the molecule is [NaH].[O]=[Fe]=[O]. The molecule has 0 bridgehead atoms. The van der Waals surface area contributed by atoms with Gasteiger partial charge in [-0.1, -0.05) is 0 Å². The third-order valence-electron chi connectivity index (χ3n) is 0. The summed E-state index contributed by atoms with van der Waals surface area (Å²) in [7, 11) is 0. The van der Waals surface area contributed by atoms with E-state index in [0.717, 1.165) is 0 Å². The molecule has 0 atom stereocenters. The van der Waals surface area contributed by atoms with Crippen molar-refractivity contribution in [2.45, 2.75) is 0 Å². The van der Waals surface area contributed by atoms with Crippen LogP contribution in [0.4, 0.5) is 0 Å². The molecule has 0 saturated heterocycles. The van der Waals surface area contributed by atoms with Gasteiger partial charge in [0.15, 0.2) is 0 Å². The molecule has 0 unspecified atom stereocenters. The molecule has 0 aliphatic heterocycles. The van der Waals surface area contributed by atoms with Gasteiger partial charge < -0.3 is 0 Å². The quantitative estimate of drug-likeness (QED) is 0.381. The Bertz CT molecular complexity index is 27.0. The number of hydrogen-bond acceptors (Lipinski definition) is 2. The molecule has 4 heavy (non-hydrogen) atoms. The molecule has 0 heterocycles. The van der Waals surface area contributed by atoms with Crippen LogP contribution in [-0.4, -0.2) is 29.6 Å². The Balaban J connectivity index is 0. The molecule has 22 valence electrons. The van der Waals surface area contributed by atoms with Crippen molar-refractivity contribution in [2.75, 3.05) is 0 Å². The van der Waals surface area contributed by atoms with Gasteiger partial charge in [-0.3, -0.25) is 0 Å². The Morgan fingerprint density at radius 2 is 1.25 bits per heavy atom. The van der Waals surface area contributed by atoms with Gasteiger partial charge in [0.25, 0.3) is 0 Å². The zero-order valence-electron chi connectivity index (χ0n) is 1.17. The second-order valence-electron chi connectivity index (χ2n) is 0.0589. The van der Waals surface area contributed by atoms with E-state index in [1.54, 1.807) is 0 Å². The summed E-state index contributed by atoms with van der Waals surface area (Å²) in [5.41, 5.74) is 0. The predicted octanol–water partition coefficient (Wildman–Crippen LogP) is -0.889. The third-order valence-corrected chi connectivity index (χ3v) is 0. The molecule has 0 fully saturated rings. The van der Waals surface area contributed by atoms with E-state index in [2.05, 4.69) is 0 Å². The summed E-state index contributed by atoms with van der Waals surface area (Å²) in [6.07, 6.45) is 0. The van der Waals surface area contributed by atoms with Crippen LogP contribution in [0.5, 0.6) is 0 Å². The molecule has 0 aromatic heterocycles. The Kier molecular flexibility index (Phi) is 19.9. The van der Waals surface area contributed by atoms with Crippen molar-refractivity contribution in [3.63, 3.8) is 0 Å². The normalized spacial score (nSPS) is 4.00. The van der Waals surface area contributed by atoms with Crippen molar-refractivity contribution in [2.24, 2.45) is 0 Å². The van der Waals surface area contributed by atoms with Crippen molar-refractivity contribution in [3.8, 4) is 0 Å². The Labute approximate surface area is 51.8 Å². The molecule has 0 rings (SSSR count). The van der Waals surface area contributed by atoms with E-state index in [9.17, 15) is 0 Å². The fourth-order valence-corrected chi connectivity index (χ4v) is 0. The van der Waals surface area contributed by atoms with Crippen LogP contribution in [-0.2, 0) is 22.5 Å². The molecular weight excluding hydrogens is 111 g/mol. The molecule has 0 aliphatic rings. The van der Waals surface area contributed by atoms with E-state index in [0.29, 0.717) is 0 Å². The van der Waals surface area contributed by atoms with Gasteiger partial charge in [0, 0.05) is 0 Å². The van der Waals surface area contributed by atoms with E-state index in [-0.39, 0.29) is 29.6 Å².